The summed E-state index contributed by atoms with van der Waals surface area (Å²) in [7, 11) is 1.41. The molecule has 1 atom stereocenters. The molecule has 6 heteroatoms. The summed E-state index contributed by atoms with van der Waals surface area (Å²) in [6, 6.07) is 0. The molecule has 0 radical (unpaired) electrons. The largest absolute Gasteiger partial charge is 0.487 e. The van der Waals surface area contributed by atoms with E-state index >= 15 is 0 Å². The van der Waals surface area contributed by atoms with Gasteiger partial charge in [-0.05, 0) is 6.42 Å². The summed E-state index contributed by atoms with van der Waals surface area (Å²) >= 11 is 0. The van der Waals surface area contributed by atoms with Crippen molar-refractivity contribution in [1.82, 2.24) is 9.97 Å². The van der Waals surface area contributed by atoms with Crippen molar-refractivity contribution < 1.29 is 14.2 Å². The number of hydrogen-bond donors (Lipinski definition) is 1. The second-order valence-corrected chi connectivity index (χ2v) is 3.61. The van der Waals surface area contributed by atoms with Crippen LogP contribution in [0.15, 0.2) is 11.1 Å². The van der Waals surface area contributed by atoms with Crippen LogP contribution in [0.3, 0.4) is 0 Å². The van der Waals surface area contributed by atoms with Crippen molar-refractivity contribution >= 4 is 0 Å². The van der Waals surface area contributed by atoms with Gasteiger partial charge >= 0.3 is 0 Å². The Balaban J connectivity index is 2.02. The minimum Gasteiger partial charge on any atom is -0.487 e. The van der Waals surface area contributed by atoms with Gasteiger partial charge < -0.3 is 19.2 Å². The van der Waals surface area contributed by atoms with Crippen molar-refractivity contribution in [2.75, 3.05) is 26.9 Å². The van der Waals surface area contributed by atoms with E-state index in [0.717, 1.165) is 13.0 Å². The van der Waals surface area contributed by atoms with E-state index < -0.39 is 0 Å². The first-order chi connectivity index (χ1) is 7.81. The lowest BCUT2D eigenvalue weighted by molar-refractivity contribution is 0.163. The first-order valence-corrected chi connectivity index (χ1v) is 5.13. The third-order valence-electron chi connectivity index (χ3n) is 2.46. The maximum Gasteiger partial charge on any atom is 0.297 e. The lowest BCUT2D eigenvalue weighted by Crippen LogP contribution is -2.16. The molecular weight excluding hydrogens is 212 g/mol. The van der Waals surface area contributed by atoms with Gasteiger partial charge in [0, 0.05) is 12.5 Å². The summed E-state index contributed by atoms with van der Waals surface area (Å²) < 4.78 is 15.6. The van der Waals surface area contributed by atoms with Gasteiger partial charge in [0.2, 0.25) is 5.75 Å². The minimum absolute atomic E-state index is 0.112. The Hall–Kier alpha value is -1.56. The number of hydrogen-bond acceptors (Lipinski definition) is 5. The van der Waals surface area contributed by atoms with Crippen LogP contribution in [0.4, 0.5) is 0 Å². The molecule has 6 nitrogen and oxygen atoms in total. The van der Waals surface area contributed by atoms with Gasteiger partial charge in [-0.2, -0.15) is 0 Å². The number of H-pyrrole nitrogens is 1. The van der Waals surface area contributed by atoms with Crippen molar-refractivity contribution in [3.63, 3.8) is 0 Å². The maximum absolute atomic E-state index is 11.3. The molecule has 0 aliphatic carbocycles. The Morgan fingerprint density at radius 3 is 3.25 bits per heavy atom. The van der Waals surface area contributed by atoms with Crippen LogP contribution in [0.1, 0.15) is 6.42 Å². The first kappa shape index (κ1) is 10.9. The van der Waals surface area contributed by atoms with Gasteiger partial charge in [0.1, 0.15) is 0 Å². The summed E-state index contributed by atoms with van der Waals surface area (Å²) in [6.45, 7) is 1.96. The molecule has 1 fully saturated rings. The molecule has 1 N–H and O–H groups in total. The normalized spacial score (nSPS) is 19.7. The van der Waals surface area contributed by atoms with E-state index in [1.54, 1.807) is 0 Å². The minimum atomic E-state index is -0.338. The summed E-state index contributed by atoms with van der Waals surface area (Å²) in [4.78, 5) is 17.7. The molecule has 0 spiro atoms. The zero-order valence-electron chi connectivity index (χ0n) is 9.06. The fourth-order valence-corrected chi connectivity index (χ4v) is 1.57. The molecule has 2 rings (SSSR count). The fourth-order valence-electron chi connectivity index (χ4n) is 1.57. The van der Waals surface area contributed by atoms with E-state index in [1.165, 1.54) is 13.4 Å². The Bertz CT molecular complexity index is 398. The SMILES string of the molecule is COc1c(OCC2CCOC2)nc[nH]c1=O. The zero-order chi connectivity index (χ0) is 11.4. The molecule has 1 aromatic rings. The van der Waals surface area contributed by atoms with E-state index in [1.807, 2.05) is 0 Å². The van der Waals surface area contributed by atoms with E-state index in [2.05, 4.69) is 9.97 Å². The average Bonchev–Trinajstić information content (AvgIpc) is 2.79. The van der Waals surface area contributed by atoms with E-state index in [-0.39, 0.29) is 17.2 Å². The number of ether oxygens (including phenoxy) is 3. The predicted octanol–water partition coefficient (Wildman–Crippen LogP) is 0.194. The maximum atomic E-state index is 11.3. The van der Waals surface area contributed by atoms with Crippen molar-refractivity contribution in [1.29, 1.82) is 0 Å². The average molecular weight is 226 g/mol. The smallest absolute Gasteiger partial charge is 0.297 e. The first-order valence-electron chi connectivity index (χ1n) is 5.13. The van der Waals surface area contributed by atoms with Crippen LogP contribution in [0.2, 0.25) is 0 Å². The van der Waals surface area contributed by atoms with E-state index in [9.17, 15) is 4.79 Å². The molecule has 0 amide bonds. The fraction of sp³-hybridized carbons (Fsp3) is 0.600. The van der Waals surface area contributed by atoms with Gasteiger partial charge in [0.05, 0.1) is 26.7 Å². The second-order valence-electron chi connectivity index (χ2n) is 3.61. The molecule has 0 aromatic carbocycles. The number of nitrogens with zero attached hydrogens (tertiary/aromatic N) is 1. The molecule has 1 aliphatic rings. The van der Waals surface area contributed by atoms with E-state index in [0.29, 0.717) is 19.1 Å². The Kier molecular flexibility index (Phi) is 3.40. The molecule has 0 bridgehead atoms. The highest BCUT2D eigenvalue weighted by Gasteiger charge is 2.18. The molecule has 1 saturated heterocycles. The van der Waals surface area contributed by atoms with Gasteiger partial charge in [0.25, 0.3) is 11.4 Å². The van der Waals surface area contributed by atoms with Crippen LogP contribution in [0.5, 0.6) is 11.6 Å². The molecule has 0 saturated carbocycles. The topological polar surface area (TPSA) is 73.4 Å². The molecular formula is C10H14N2O4. The molecule has 16 heavy (non-hydrogen) atoms. The number of aromatic amines is 1. The highest BCUT2D eigenvalue weighted by molar-refractivity contribution is 5.29. The van der Waals surface area contributed by atoms with Crippen LogP contribution < -0.4 is 15.0 Å². The number of aromatic nitrogens is 2. The number of nitrogens with one attached hydrogen (secondary N) is 1. The Morgan fingerprint density at radius 2 is 2.56 bits per heavy atom. The predicted molar refractivity (Wildman–Crippen MR) is 55.8 cm³/mol. The third kappa shape index (κ3) is 2.33. The zero-order valence-corrected chi connectivity index (χ0v) is 9.06. The summed E-state index contributed by atoms with van der Waals surface area (Å²) in [5.74, 6) is 0.713. The van der Waals surface area contributed by atoms with Gasteiger partial charge in [-0.3, -0.25) is 4.79 Å². The van der Waals surface area contributed by atoms with Crippen LogP contribution >= 0.6 is 0 Å². The van der Waals surface area contributed by atoms with Crippen molar-refractivity contribution in [2.24, 2.45) is 5.92 Å². The highest BCUT2D eigenvalue weighted by Crippen LogP contribution is 2.20. The lowest BCUT2D eigenvalue weighted by Gasteiger charge is -2.10. The van der Waals surface area contributed by atoms with Crippen LogP contribution in [-0.4, -0.2) is 36.9 Å². The second kappa shape index (κ2) is 4.98. The standard InChI is InChI=1S/C10H14N2O4/c1-14-8-9(13)11-6-12-10(8)16-5-7-2-3-15-4-7/h6-7H,2-5H2,1H3,(H,11,12,13). The Morgan fingerprint density at radius 1 is 1.69 bits per heavy atom. The summed E-state index contributed by atoms with van der Waals surface area (Å²) in [5, 5.41) is 0. The Labute approximate surface area is 92.6 Å². The van der Waals surface area contributed by atoms with Crippen molar-refractivity contribution in [2.45, 2.75) is 6.42 Å². The summed E-state index contributed by atoms with van der Waals surface area (Å²) in [5.41, 5.74) is -0.338. The lowest BCUT2D eigenvalue weighted by atomic mass is 10.1. The molecule has 2 heterocycles. The molecule has 88 valence electrons. The van der Waals surface area contributed by atoms with Gasteiger partial charge in [-0.25, -0.2) is 4.98 Å². The third-order valence-corrected chi connectivity index (χ3v) is 2.46. The number of rotatable bonds is 4. The molecule has 1 aromatic heterocycles. The van der Waals surface area contributed by atoms with Crippen LogP contribution in [0.25, 0.3) is 0 Å². The van der Waals surface area contributed by atoms with Crippen LogP contribution in [0, 0.1) is 5.92 Å². The van der Waals surface area contributed by atoms with Gasteiger partial charge in [-0.15, -0.1) is 0 Å². The number of methoxy groups -OCH3 is 1. The quantitative estimate of drug-likeness (QED) is 0.793. The van der Waals surface area contributed by atoms with E-state index in [4.69, 9.17) is 14.2 Å². The van der Waals surface area contributed by atoms with Crippen LogP contribution in [-0.2, 0) is 4.74 Å². The van der Waals surface area contributed by atoms with Gasteiger partial charge in [0.15, 0.2) is 0 Å². The summed E-state index contributed by atoms with van der Waals surface area (Å²) in [6.07, 6.45) is 2.27. The van der Waals surface area contributed by atoms with Crippen molar-refractivity contribution in [3.8, 4) is 11.6 Å². The van der Waals surface area contributed by atoms with Gasteiger partial charge in [-0.1, -0.05) is 0 Å². The highest BCUT2D eigenvalue weighted by atomic mass is 16.5. The molecule has 1 unspecified atom stereocenters. The molecule has 1 aliphatic heterocycles. The van der Waals surface area contributed by atoms with Crippen molar-refractivity contribution in [3.05, 3.63) is 16.7 Å². The monoisotopic (exact) mass is 226 g/mol.